The Morgan fingerprint density at radius 2 is 1.57 bits per heavy atom. The molecule has 2 N–H and O–H groups in total. The Hall–Kier alpha value is -4.00. The molecule has 150 valence electrons. The molecule has 30 heavy (non-hydrogen) atoms. The zero-order valence-corrected chi connectivity index (χ0v) is 16.0. The van der Waals surface area contributed by atoms with E-state index in [0.717, 1.165) is 16.7 Å². The number of carbonyl (C=O) groups excluding carboxylic acids is 1. The van der Waals surface area contributed by atoms with Crippen LogP contribution in [0, 0.1) is 5.82 Å². The molecule has 4 aromatic rings. The number of benzene rings is 3. The zero-order chi connectivity index (χ0) is 20.8. The summed E-state index contributed by atoms with van der Waals surface area (Å²) in [6, 6.07) is 23.7. The highest BCUT2D eigenvalue weighted by molar-refractivity contribution is 5.74. The topological polar surface area (TPSA) is 80.0 Å². The van der Waals surface area contributed by atoms with Crippen LogP contribution in [0.1, 0.15) is 23.1 Å². The fourth-order valence-corrected chi connectivity index (χ4v) is 2.95. The number of rotatable bonds is 6. The van der Waals surface area contributed by atoms with Crippen LogP contribution in [0.5, 0.6) is 0 Å². The predicted octanol–water partition coefficient (Wildman–Crippen LogP) is 4.46. The standard InChI is InChI=1S/C23H19FN4O2/c24-19-13-11-16(12-14-19)15-25-23(29)26-20(17-7-3-1-4-8-17)22-28-27-21(30-22)18-9-5-2-6-10-18/h1-14,20H,15H2,(H2,25,26,29)/t20-/m1/s1. The molecule has 6 nitrogen and oxygen atoms in total. The van der Waals surface area contributed by atoms with Crippen molar-refractivity contribution < 1.29 is 13.6 Å². The lowest BCUT2D eigenvalue weighted by atomic mass is 10.1. The van der Waals surface area contributed by atoms with Gasteiger partial charge in [-0.15, -0.1) is 10.2 Å². The van der Waals surface area contributed by atoms with E-state index in [1.807, 2.05) is 60.7 Å². The lowest BCUT2D eigenvalue weighted by Crippen LogP contribution is -2.38. The Labute approximate surface area is 172 Å². The van der Waals surface area contributed by atoms with Crippen LogP contribution in [-0.2, 0) is 6.54 Å². The van der Waals surface area contributed by atoms with Crippen molar-refractivity contribution in [3.05, 3.63) is 108 Å². The molecule has 0 fully saturated rings. The van der Waals surface area contributed by atoms with E-state index in [0.29, 0.717) is 5.89 Å². The van der Waals surface area contributed by atoms with Gasteiger partial charge in [0, 0.05) is 12.1 Å². The summed E-state index contributed by atoms with van der Waals surface area (Å²) < 4.78 is 18.9. The third-order valence-electron chi connectivity index (χ3n) is 4.48. The first-order valence-electron chi connectivity index (χ1n) is 9.41. The molecule has 0 aliphatic rings. The number of aromatic nitrogens is 2. The summed E-state index contributed by atoms with van der Waals surface area (Å²) in [4.78, 5) is 12.5. The van der Waals surface area contributed by atoms with Crippen LogP contribution in [0.4, 0.5) is 9.18 Å². The molecule has 4 rings (SSSR count). The smallest absolute Gasteiger partial charge is 0.315 e. The van der Waals surface area contributed by atoms with Crippen molar-refractivity contribution >= 4 is 6.03 Å². The van der Waals surface area contributed by atoms with E-state index in [1.165, 1.54) is 12.1 Å². The third kappa shape index (κ3) is 4.70. The minimum absolute atomic E-state index is 0.257. The average molecular weight is 402 g/mol. The summed E-state index contributed by atoms with van der Waals surface area (Å²) in [5, 5.41) is 13.9. The van der Waals surface area contributed by atoms with Crippen molar-refractivity contribution in [1.29, 1.82) is 0 Å². The molecule has 1 heterocycles. The van der Waals surface area contributed by atoms with Crippen LogP contribution < -0.4 is 10.6 Å². The molecule has 2 amide bonds. The van der Waals surface area contributed by atoms with Gasteiger partial charge in [0.1, 0.15) is 11.9 Å². The Morgan fingerprint density at radius 3 is 2.27 bits per heavy atom. The van der Waals surface area contributed by atoms with Gasteiger partial charge in [0.25, 0.3) is 0 Å². The summed E-state index contributed by atoms with van der Waals surface area (Å²) in [5.41, 5.74) is 2.38. The van der Waals surface area contributed by atoms with E-state index in [1.54, 1.807) is 12.1 Å². The van der Waals surface area contributed by atoms with Crippen molar-refractivity contribution in [2.24, 2.45) is 0 Å². The van der Waals surface area contributed by atoms with Gasteiger partial charge >= 0.3 is 6.03 Å². The maximum absolute atomic E-state index is 13.0. The fraction of sp³-hybridized carbons (Fsp3) is 0.0870. The summed E-state index contributed by atoms with van der Waals surface area (Å²) in [7, 11) is 0. The van der Waals surface area contributed by atoms with Gasteiger partial charge in [0.05, 0.1) is 0 Å². The first-order valence-corrected chi connectivity index (χ1v) is 9.41. The number of urea groups is 1. The minimum Gasteiger partial charge on any atom is -0.418 e. The van der Waals surface area contributed by atoms with Crippen LogP contribution in [0.3, 0.4) is 0 Å². The second kappa shape index (κ2) is 9.00. The molecule has 1 atom stereocenters. The van der Waals surface area contributed by atoms with Gasteiger partial charge in [-0.25, -0.2) is 9.18 Å². The molecule has 0 saturated heterocycles. The van der Waals surface area contributed by atoms with Gasteiger partial charge in [-0.1, -0.05) is 60.7 Å². The normalized spacial score (nSPS) is 11.6. The van der Waals surface area contributed by atoms with Crippen LogP contribution in [0.25, 0.3) is 11.5 Å². The lowest BCUT2D eigenvalue weighted by Gasteiger charge is -2.16. The third-order valence-corrected chi connectivity index (χ3v) is 4.48. The molecular weight excluding hydrogens is 383 g/mol. The molecular formula is C23H19FN4O2. The first kappa shape index (κ1) is 19.3. The predicted molar refractivity (Wildman–Crippen MR) is 110 cm³/mol. The molecule has 0 bridgehead atoms. The minimum atomic E-state index is -0.621. The number of carbonyl (C=O) groups is 1. The van der Waals surface area contributed by atoms with Gasteiger partial charge in [0.2, 0.25) is 11.8 Å². The van der Waals surface area contributed by atoms with Crippen LogP contribution >= 0.6 is 0 Å². The molecule has 0 unspecified atom stereocenters. The van der Waals surface area contributed by atoms with Gasteiger partial charge in [-0.05, 0) is 35.4 Å². The quantitative estimate of drug-likeness (QED) is 0.499. The lowest BCUT2D eigenvalue weighted by molar-refractivity contribution is 0.236. The van der Waals surface area contributed by atoms with Crippen molar-refractivity contribution in [1.82, 2.24) is 20.8 Å². The van der Waals surface area contributed by atoms with E-state index in [9.17, 15) is 9.18 Å². The molecule has 7 heteroatoms. The maximum Gasteiger partial charge on any atom is 0.315 e. The number of hydrogen-bond donors (Lipinski definition) is 2. The molecule has 1 aromatic heterocycles. The van der Waals surface area contributed by atoms with E-state index in [2.05, 4.69) is 20.8 Å². The zero-order valence-electron chi connectivity index (χ0n) is 16.0. The second-order valence-electron chi connectivity index (χ2n) is 6.61. The van der Waals surface area contributed by atoms with E-state index in [4.69, 9.17) is 4.42 Å². The van der Waals surface area contributed by atoms with Crippen molar-refractivity contribution in [2.45, 2.75) is 12.6 Å². The highest BCUT2D eigenvalue weighted by atomic mass is 19.1. The Bertz CT molecular complexity index is 1100. The highest BCUT2D eigenvalue weighted by Crippen LogP contribution is 2.24. The average Bonchev–Trinajstić information content (AvgIpc) is 3.28. The summed E-state index contributed by atoms with van der Waals surface area (Å²) >= 11 is 0. The van der Waals surface area contributed by atoms with Gasteiger partial charge in [-0.2, -0.15) is 0 Å². The summed E-state index contributed by atoms with van der Waals surface area (Å²) in [6.07, 6.45) is 0. The van der Waals surface area contributed by atoms with Crippen molar-refractivity contribution in [2.75, 3.05) is 0 Å². The van der Waals surface area contributed by atoms with E-state index >= 15 is 0 Å². The SMILES string of the molecule is O=C(NCc1ccc(F)cc1)N[C@H](c1ccccc1)c1nnc(-c2ccccc2)o1. The second-order valence-corrected chi connectivity index (χ2v) is 6.61. The van der Waals surface area contributed by atoms with E-state index < -0.39 is 12.1 Å². The van der Waals surface area contributed by atoms with Crippen molar-refractivity contribution in [3.8, 4) is 11.5 Å². The Kier molecular flexibility index (Phi) is 5.80. The highest BCUT2D eigenvalue weighted by Gasteiger charge is 2.23. The van der Waals surface area contributed by atoms with Crippen molar-refractivity contribution in [3.63, 3.8) is 0 Å². The monoisotopic (exact) mass is 402 g/mol. The number of amides is 2. The number of nitrogens with one attached hydrogen (secondary N) is 2. The molecule has 0 saturated carbocycles. The van der Waals surface area contributed by atoms with Gasteiger partial charge in [-0.3, -0.25) is 0 Å². The van der Waals surface area contributed by atoms with Crippen LogP contribution in [-0.4, -0.2) is 16.2 Å². The van der Waals surface area contributed by atoms with Gasteiger partial charge < -0.3 is 15.1 Å². The first-order chi connectivity index (χ1) is 14.7. The molecule has 0 radical (unpaired) electrons. The molecule has 0 aliphatic heterocycles. The largest absolute Gasteiger partial charge is 0.418 e. The fourth-order valence-electron chi connectivity index (χ4n) is 2.95. The van der Waals surface area contributed by atoms with Gasteiger partial charge in [0.15, 0.2) is 0 Å². The molecule has 0 aliphatic carbocycles. The van der Waals surface area contributed by atoms with Crippen LogP contribution in [0.15, 0.2) is 89.3 Å². The van der Waals surface area contributed by atoms with E-state index in [-0.39, 0.29) is 18.3 Å². The molecule has 0 spiro atoms. The van der Waals surface area contributed by atoms with Crippen LogP contribution in [0.2, 0.25) is 0 Å². The molecule has 3 aromatic carbocycles. The number of halogens is 1. The maximum atomic E-state index is 13.0. The number of nitrogens with zero attached hydrogens (tertiary/aromatic N) is 2. The Morgan fingerprint density at radius 1 is 0.900 bits per heavy atom. The summed E-state index contributed by atoms with van der Waals surface area (Å²) in [5.74, 6) is 0.329. The summed E-state index contributed by atoms with van der Waals surface area (Å²) in [6.45, 7) is 0.257. The number of hydrogen-bond acceptors (Lipinski definition) is 4. The Balaban J connectivity index is 1.51.